The van der Waals surface area contributed by atoms with E-state index in [-0.39, 0.29) is 0 Å². The molecule has 0 aromatic heterocycles. The fraction of sp³-hybridized carbons (Fsp3) is 0.333. The molecule has 0 amide bonds. The van der Waals surface area contributed by atoms with Crippen molar-refractivity contribution in [2.75, 3.05) is 6.26 Å². The molecule has 0 aliphatic carbocycles. The maximum atomic E-state index is 10.1. The molecule has 0 fully saturated rings. The lowest BCUT2D eigenvalue weighted by Crippen LogP contribution is -1.95. The van der Waals surface area contributed by atoms with Crippen LogP contribution in [0.25, 0.3) is 0 Å². The van der Waals surface area contributed by atoms with Crippen LogP contribution in [0.15, 0.2) is 11.8 Å². The molecule has 0 atom stereocenters. The van der Waals surface area contributed by atoms with Gasteiger partial charge in [-0.2, -0.15) is 8.42 Å². The molecule has 0 aliphatic heterocycles. The monoisotopic (exact) mass is 156 g/mol. The van der Waals surface area contributed by atoms with Gasteiger partial charge in [-0.3, -0.25) is 0 Å². The second-order valence-electron chi connectivity index (χ2n) is 1.06. The van der Waals surface area contributed by atoms with Crippen LogP contribution in [0.4, 0.5) is 0 Å². The van der Waals surface area contributed by atoms with E-state index in [0.29, 0.717) is 0 Å². The fourth-order valence-electron chi connectivity index (χ4n) is 0.122. The van der Waals surface area contributed by atoms with E-state index >= 15 is 0 Å². The van der Waals surface area contributed by atoms with E-state index < -0.39 is 10.1 Å². The first kappa shape index (κ1) is 7.78. The largest absolute Gasteiger partial charge is 0.390 e. The standard InChI is InChI=1S/C3H5ClO3S/c1-8(5,6)7-3-2-4/h2-3H,1H3. The molecule has 0 saturated heterocycles. The fourth-order valence-corrected chi connectivity index (χ4v) is 0.492. The van der Waals surface area contributed by atoms with Gasteiger partial charge in [0.25, 0.3) is 0 Å². The van der Waals surface area contributed by atoms with Gasteiger partial charge in [0.05, 0.1) is 6.26 Å². The van der Waals surface area contributed by atoms with Crippen LogP contribution >= 0.6 is 11.6 Å². The Bertz CT molecular complexity index is 169. The second kappa shape index (κ2) is 2.94. The van der Waals surface area contributed by atoms with Crippen molar-refractivity contribution in [3.63, 3.8) is 0 Å². The summed E-state index contributed by atoms with van der Waals surface area (Å²) in [6.45, 7) is 0. The third-order valence-corrected chi connectivity index (χ3v) is 0.845. The van der Waals surface area contributed by atoms with E-state index in [1.165, 1.54) is 0 Å². The first-order valence-corrected chi connectivity index (χ1v) is 3.95. The molecule has 48 valence electrons. The Morgan fingerprint density at radius 1 is 1.62 bits per heavy atom. The van der Waals surface area contributed by atoms with Gasteiger partial charge >= 0.3 is 10.1 Å². The lowest BCUT2D eigenvalue weighted by Gasteiger charge is -1.90. The second-order valence-corrected chi connectivity index (χ2v) is 2.92. The molecular formula is C3H5ClO3S. The highest BCUT2D eigenvalue weighted by atomic mass is 35.5. The van der Waals surface area contributed by atoms with Crippen LogP contribution < -0.4 is 0 Å². The van der Waals surface area contributed by atoms with Gasteiger partial charge in [-0.15, -0.1) is 0 Å². The summed E-state index contributed by atoms with van der Waals surface area (Å²) < 4.78 is 24.2. The number of hydrogen-bond acceptors (Lipinski definition) is 3. The minimum absolute atomic E-state index is 0.886. The highest BCUT2D eigenvalue weighted by Gasteiger charge is 1.93. The quantitative estimate of drug-likeness (QED) is 0.436. The van der Waals surface area contributed by atoms with Gasteiger partial charge in [-0.1, -0.05) is 11.6 Å². The minimum Gasteiger partial charge on any atom is -0.390 e. The average Bonchev–Trinajstić information content (AvgIpc) is 1.59. The van der Waals surface area contributed by atoms with E-state index in [1.54, 1.807) is 0 Å². The van der Waals surface area contributed by atoms with Crippen molar-refractivity contribution in [1.82, 2.24) is 0 Å². The molecule has 0 heterocycles. The predicted octanol–water partition coefficient (Wildman–Crippen LogP) is 0.673. The maximum Gasteiger partial charge on any atom is 0.305 e. The van der Waals surface area contributed by atoms with Gasteiger partial charge < -0.3 is 4.18 Å². The molecule has 8 heavy (non-hydrogen) atoms. The summed E-state index contributed by atoms with van der Waals surface area (Å²) in [5, 5.41) is 0. The van der Waals surface area contributed by atoms with Crippen LogP contribution in [0, 0.1) is 0 Å². The highest BCUT2D eigenvalue weighted by molar-refractivity contribution is 7.86. The Morgan fingerprint density at radius 3 is 2.25 bits per heavy atom. The summed E-state index contributed by atoms with van der Waals surface area (Å²) in [7, 11) is -3.36. The van der Waals surface area contributed by atoms with Crippen LogP contribution in [0.1, 0.15) is 0 Å². The number of rotatable bonds is 2. The van der Waals surface area contributed by atoms with Crippen molar-refractivity contribution < 1.29 is 12.6 Å². The summed E-state index contributed by atoms with van der Waals surface area (Å²) in [5.74, 6) is 0. The first-order valence-electron chi connectivity index (χ1n) is 1.70. The van der Waals surface area contributed by atoms with Gasteiger partial charge in [0.2, 0.25) is 0 Å². The zero-order valence-corrected chi connectivity index (χ0v) is 5.74. The molecule has 3 nitrogen and oxygen atoms in total. The smallest absolute Gasteiger partial charge is 0.305 e. The van der Waals surface area contributed by atoms with Gasteiger partial charge in [-0.25, -0.2) is 0 Å². The van der Waals surface area contributed by atoms with Crippen LogP contribution in [-0.2, 0) is 14.3 Å². The SMILES string of the molecule is CS(=O)(=O)OC=CCl. The van der Waals surface area contributed by atoms with E-state index in [2.05, 4.69) is 4.18 Å². The van der Waals surface area contributed by atoms with Crippen molar-refractivity contribution in [3.8, 4) is 0 Å². The van der Waals surface area contributed by atoms with Crippen molar-refractivity contribution in [2.45, 2.75) is 0 Å². The molecule has 0 spiro atoms. The van der Waals surface area contributed by atoms with E-state index in [0.717, 1.165) is 18.1 Å². The molecule has 0 radical (unpaired) electrons. The van der Waals surface area contributed by atoms with Crippen molar-refractivity contribution in [3.05, 3.63) is 11.8 Å². The summed E-state index contributed by atoms with van der Waals surface area (Å²) >= 11 is 4.94. The van der Waals surface area contributed by atoms with E-state index in [1.807, 2.05) is 0 Å². The molecule has 0 aromatic carbocycles. The molecular weight excluding hydrogens is 152 g/mol. The Morgan fingerprint density at radius 2 is 2.12 bits per heavy atom. The summed E-state index contributed by atoms with van der Waals surface area (Å²) in [5.41, 5.74) is 0.973. The third-order valence-electron chi connectivity index (χ3n) is 0.282. The summed E-state index contributed by atoms with van der Waals surface area (Å²) in [6.07, 6.45) is 1.82. The normalized spacial score (nSPS) is 12.2. The van der Waals surface area contributed by atoms with Gasteiger partial charge in [-0.05, 0) is 0 Å². The van der Waals surface area contributed by atoms with Crippen molar-refractivity contribution >= 4 is 21.7 Å². The molecule has 0 rings (SSSR count). The molecule has 0 unspecified atom stereocenters. The Balaban J connectivity index is 3.76. The molecule has 5 heteroatoms. The topological polar surface area (TPSA) is 43.4 Å². The molecule has 0 aliphatic rings. The summed E-state index contributed by atoms with van der Waals surface area (Å²) in [4.78, 5) is 0. The summed E-state index contributed by atoms with van der Waals surface area (Å²) in [6, 6.07) is 0. The molecule has 0 N–H and O–H groups in total. The zero-order chi connectivity index (χ0) is 6.62. The van der Waals surface area contributed by atoms with Gasteiger partial charge in [0.1, 0.15) is 6.26 Å². The zero-order valence-electron chi connectivity index (χ0n) is 4.17. The van der Waals surface area contributed by atoms with Gasteiger partial charge in [0.15, 0.2) is 0 Å². The van der Waals surface area contributed by atoms with Crippen LogP contribution in [0.3, 0.4) is 0 Å². The lowest BCUT2D eigenvalue weighted by atomic mass is 11.2. The molecule has 0 aromatic rings. The third kappa shape index (κ3) is 5.78. The predicted molar refractivity (Wildman–Crippen MR) is 30.9 cm³/mol. The Labute approximate surface area is 53.0 Å². The van der Waals surface area contributed by atoms with Crippen molar-refractivity contribution in [2.24, 2.45) is 0 Å². The lowest BCUT2D eigenvalue weighted by molar-refractivity contribution is 0.450. The van der Waals surface area contributed by atoms with Crippen LogP contribution in [-0.4, -0.2) is 14.7 Å². The minimum atomic E-state index is -3.36. The van der Waals surface area contributed by atoms with E-state index in [9.17, 15) is 8.42 Å². The number of halogens is 1. The van der Waals surface area contributed by atoms with Crippen LogP contribution in [0.5, 0.6) is 0 Å². The van der Waals surface area contributed by atoms with E-state index in [4.69, 9.17) is 11.6 Å². The molecule has 0 bridgehead atoms. The van der Waals surface area contributed by atoms with Crippen molar-refractivity contribution in [1.29, 1.82) is 0 Å². The first-order chi connectivity index (χ1) is 3.56. The Kier molecular flexibility index (Phi) is 2.86. The van der Waals surface area contributed by atoms with Gasteiger partial charge in [0, 0.05) is 5.54 Å². The highest BCUT2D eigenvalue weighted by Crippen LogP contribution is 1.88. The molecule has 0 saturated carbocycles. The average molecular weight is 157 g/mol. The number of hydrogen-bond donors (Lipinski definition) is 0. The maximum absolute atomic E-state index is 10.1. The van der Waals surface area contributed by atoms with Crippen LogP contribution in [0.2, 0.25) is 0 Å². The Hall–Kier alpha value is -0.220.